The number of likely N-dealkylation sites (tertiary alicyclic amines) is 1. The Balaban J connectivity index is 2.13. The van der Waals surface area contributed by atoms with Crippen LogP contribution in [0.1, 0.15) is 46.5 Å². The van der Waals surface area contributed by atoms with Crippen molar-refractivity contribution >= 4 is 5.91 Å². The molecule has 0 aromatic heterocycles. The fourth-order valence-electron chi connectivity index (χ4n) is 4.27. The minimum absolute atomic E-state index is 0.160. The Morgan fingerprint density at radius 3 is 2.47 bits per heavy atom. The predicted octanol–water partition coefficient (Wildman–Crippen LogP) is 1.34. The Bertz CT molecular complexity index is 355. The highest BCUT2D eigenvalue weighted by Gasteiger charge is 2.45. The van der Waals surface area contributed by atoms with E-state index in [2.05, 4.69) is 25.7 Å². The van der Waals surface area contributed by atoms with Gasteiger partial charge in [0.2, 0.25) is 5.91 Å². The number of rotatable bonds is 3. The minimum atomic E-state index is 0.160. The summed E-state index contributed by atoms with van der Waals surface area (Å²) in [6.07, 6.45) is 3.91. The van der Waals surface area contributed by atoms with Crippen molar-refractivity contribution in [2.24, 2.45) is 28.2 Å². The lowest BCUT2D eigenvalue weighted by Gasteiger charge is -2.48. The first kappa shape index (κ1) is 14.8. The summed E-state index contributed by atoms with van der Waals surface area (Å²) in [5.74, 6) is 0.638. The molecule has 110 valence electrons. The van der Waals surface area contributed by atoms with Gasteiger partial charge in [-0.25, -0.2) is 0 Å². The average Bonchev–Trinajstić information content (AvgIpc) is 2.68. The van der Waals surface area contributed by atoms with Crippen molar-refractivity contribution in [2.45, 2.75) is 52.5 Å². The summed E-state index contributed by atoms with van der Waals surface area (Å²) < 4.78 is 0. The molecule has 1 aliphatic heterocycles. The van der Waals surface area contributed by atoms with Crippen molar-refractivity contribution in [1.29, 1.82) is 0 Å². The van der Waals surface area contributed by atoms with Gasteiger partial charge in [0.1, 0.15) is 0 Å². The van der Waals surface area contributed by atoms with Gasteiger partial charge in [0, 0.05) is 19.0 Å². The Labute approximate surface area is 116 Å². The van der Waals surface area contributed by atoms with Crippen LogP contribution in [-0.2, 0) is 4.79 Å². The fraction of sp³-hybridized carbons (Fsp3) is 0.933. The van der Waals surface area contributed by atoms with Gasteiger partial charge in [-0.1, -0.05) is 20.8 Å². The van der Waals surface area contributed by atoms with E-state index in [1.165, 1.54) is 0 Å². The number of nitrogens with zero attached hydrogens (tertiary/aromatic N) is 1. The average molecular weight is 267 g/mol. The third-order valence-electron chi connectivity index (χ3n) is 4.93. The zero-order chi connectivity index (χ0) is 14.3. The first-order chi connectivity index (χ1) is 8.78. The highest BCUT2D eigenvalue weighted by molar-refractivity contribution is 5.79. The van der Waals surface area contributed by atoms with E-state index in [0.29, 0.717) is 31.5 Å². The van der Waals surface area contributed by atoms with Crippen LogP contribution in [0.15, 0.2) is 0 Å². The largest absolute Gasteiger partial charge is 0.339 e. The monoisotopic (exact) mass is 267 g/mol. The lowest BCUT2D eigenvalue weighted by Crippen LogP contribution is -2.49. The van der Waals surface area contributed by atoms with E-state index < -0.39 is 0 Å². The van der Waals surface area contributed by atoms with E-state index in [1.54, 1.807) is 0 Å². The summed E-state index contributed by atoms with van der Waals surface area (Å²) in [5.41, 5.74) is 12.1. The number of carbonyl (C=O) groups excluding carboxylic acids is 1. The summed E-state index contributed by atoms with van der Waals surface area (Å²) in [6.45, 7) is 9.03. The van der Waals surface area contributed by atoms with E-state index in [0.717, 1.165) is 25.8 Å². The lowest BCUT2D eigenvalue weighted by atomic mass is 9.62. The maximum atomic E-state index is 12.2. The Morgan fingerprint density at radius 2 is 1.95 bits per heavy atom. The van der Waals surface area contributed by atoms with E-state index in [1.807, 2.05) is 0 Å². The van der Waals surface area contributed by atoms with Crippen LogP contribution in [-0.4, -0.2) is 36.5 Å². The van der Waals surface area contributed by atoms with Crippen LogP contribution in [0.2, 0.25) is 0 Å². The molecule has 2 rings (SSSR count). The predicted molar refractivity (Wildman–Crippen MR) is 77.5 cm³/mol. The maximum Gasteiger partial charge on any atom is 0.223 e. The standard InChI is InChI=1S/C15H29N3O/c1-14(2)5-12(6-15(3,9-14)10-17)18-8-11(7-16)4-13(18)19/h11-12H,4-10,16-17H2,1-3H3. The van der Waals surface area contributed by atoms with Crippen molar-refractivity contribution in [1.82, 2.24) is 4.90 Å². The molecule has 3 unspecified atom stereocenters. The molecule has 2 aliphatic rings. The van der Waals surface area contributed by atoms with Gasteiger partial charge in [-0.15, -0.1) is 0 Å². The molecule has 19 heavy (non-hydrogen) atoms. The summed E-state index contributed by atoms with van der Waals surface area (Å²) >= 11 is 0. The highest BCUT2D eigenvalue weighted by Crippen LogP contribution is 2.47. The number of hydrogen-bond donors (Lipinski definition) is 2. The molecule has 1 heterocycles. The molecule has 4 nitrogen and oxygen atoms in total. The van der Waals surface area contributed by atoms with Gasteiger partial charge in [-0.2, -0.15) is 0 Å². The zero-order valence-electron chi connectivity index (χ0n) is 12.6. The second-order valence-electron chi connectivity index (χ2n) is 7.77. The van der Waals surface area contributed by atoms with Gasteiger partial charge in [-0.3, -0.25) is 4.79 Å². The first-order valence-electron chi connectivity index (χ1n) is 7.48. The summed E-state index contributed by atoms with van der Waals surface area (Å²) in [7, 11) is 0. The van der Waals surface area contributed by atoms with Crippen molar-refractivity contribution in [3.05, 3.63) is 0 Å². The van der Waals surface area contributed by atoms with E-state index in [-0.39, 0.29) is 16.7 Å². The second kappa shape index (κ2) is 5.06. The molecule has 0 radical (unpaired) electrons. The molecule has 0 bridgehead atoms. The first-order valence-corrected chi connectivity index (χ1v) is 7.48. The van der Waals surface area contributed by atoms with Gasteiger partial charge in [0.15, 0.2) is 0 Å². The topological polar surface area (TPSA) is 72.3 Å². The normalized spacial score (nSPS) is 38.8. The van der Waals surface area contributed by atoms with E-state index in [9.17, 15) is 4.79 Å². The molecule has 4 N–H and O–H groups in total. The molecule has 1 saturated heterocycles. The van der Waals surface area contributed by atoms with Crippen molar-refractivity contribution in [3.8, 4) is 0 Å². The van der Waals surface area contributed by atoms with Crippen LogP contribution in [0.25, 0.3) is 0 Å². The molecule has 1 amide bonds. The smallest absolute Gasteiger partial charge is 0.223 e. The third-order valence-corrected chi connectivity index (χ3v) is 4.93. The molecular formula is C15H29N3O. The number of amides is 1. The van der Waals surface area contributed by atoms with Crippen molar-refractivity contribution < 1.29 is 4.79 Å². The molecule has 2 fully saturated rings. The lowest BCUT2D eigenvalue weighted by molar-refractivity contribution is -0.132. The number of nitrogens with two attached hydrogens (primary N) is 2. The maximum absolute atomic E-state index is 12.2. The molecule has 0 aromatic rings. The SMILES string of the molecule is CC1(C)CC(N2CC(CN)CC2=O)CC(C)(CN)C1. The van der Waals surface area contributed by atoms with E-state index >= 15 is 0 Å². The Hall–Kier alpha value is -0.610. The fourth-order valence-corrected chi connectivity index (χ4v) is 4.27. The van der Waals surface area contributed by atoms with Gasteiger partial charge in [0.25, 0.3) is 0 Å². The van der Waals surface area contributed by atoms with Crippen LogP contribution in [0.3, 0.4) is 0 Å². The van der Waals surface area contributed by atoms with Gasteiger partial charge in [-0.05, 0) is 49.1 Å². The van der Waals surface area contributed by atoms with Crippen LogP contribution in [0, 0.1) is 16.7 Å². The summed E-state index contributed by atoms with van der Waals surface area (Å²) in [6, 6.07) is 0.348. The molecule has 1 aliphatic carbocycles. The highest BCUT2D eigenvalue weighted by atomic mass is 16.2. The van der Waals surface area contributed by atoms with Crippen LogP contribution in [0.4, 0.5) is 0 Å². The number of hydrogen-bond acceptors (Lipinski definition) is 3. The summed E-state index contributed by atoms with van der Waals surface area (Å²) in [5, 5.41) is 0. The zero-order valence-corrected chi connectivity index (χ0v) is 12.6. The number of carbonyl (C=O) groups is 1. The molecule has 3 atom stereocenters. The Morgan fingerprint density at radius 1 is 1.26 bits per heavy atom. The van der Waals surface area contributed by atoms with Crippen LogP contribution >= 0.6 is 0 Å². The minimum Gasteiger partial charge on any atom is -0.339 e. The Kier molecular flexibility index (Phi) is 3.94. The summed E-state index contributed by atoms with van der Waals surface area (Å²) in [4.78, 5) is 14.3. The third kappa shape index (κ3) is 3.11. The molecule has 1 saturated carbocycles. The van der Waals surface area contributed by atoms with Gasteiger partial charge >= 0.3 is 0 Å². The van der Waals surface area contributed by atoms with Crippen molar-refractivity contribution in [2.75, 3.05) is 19.6 Å². The quantitative estimate of drug-likeness (QED) is 0.810. The van der Waals surface area contributed by atoms with Gasteiger partial charge in [0.05, 0.1) is 0 Å². The molecular weight excluding hydrogens is 238 g/mol. The second-order valence-corrected chi connectivity index (χ2v) is 7.77. The van der Waals surface area contributed by atoms with Gasteiger partial charge < -0.3 is 16.4 Å². The van der Waals surface area contributed by atoms with Crippen molar-refractivity contribution in [3.63, 3.8) is 0 Å². The van der Waals surface area contributed by atoms with E-state index in [4.69, 9.17) is 11.5 Å². The van der Waals surface area contributed by atoms with Crippen LogP contribution < -0.4 is 11.5 Å². The van der Waals surface area contributed by atoms with Crippen LogP contribution in [0.5, 0.6) is 0 Å². The molecule has 0 aromatic carbocycles. The molecule has 4 heteroatoms. The molecule has 0 spiro atoms.